The molecule has 0 radical (unpaired) electrons. The Balaban J connectivity index is 1.75. The second-order valence-electron chi connectivity index (χ2n) is 5.80. The van der Waals surface area contributed by atoms with Gasteiger partial charge in [-0.3, -0.25) is 4.79 Å². The van der Waals surface area contributed by atoms with E-state index in [1.54, 1.807) is 0 Å². The van der Waals surface area contributed by atoms with Crippen LogP contribution in [-0.4, -0.2) is 29.9 Å². The third-order valence-corrected chi connectivity index (χ3v) is 4.37. The Bertz CT molecular complexity index is 418. The van der Waals surface area contributed by atoms with Crippen molar-refractivity contribution in [3.63, 3.8) is 0 Å². The molecule has 0 aromatic heterocycles. The Kier molecular flexibility index (Phi) is 5.60. The molecule has 20 heavy (non-hydrogen) atoms. The van der Waals surface area contributed by atoms with E-state index in [-0.39, 0.29) is 6.04 Å². The molecule has 1 fully saturated rings. The molecule has 2 N–H and O–H groups in total. The Morgan fingerprint density at radius 3 is 2.80 bits per heavy atom. The van der Waals surface area contributed by atoms with Crippen molar-refractivity contribution in [3.05, 3.63) is 35.9 Å². The zero-order valence-corrected chi connectivity index (χ0v) is 12.4. The van der Waals surface area contributed by atoms with E-state index in [0.717, 1.165) is 38.8 Å². The smallest absolute Gasteiger partial charge is 0.222 e. The summed E-state index contributed by atoms with van der Waals surface area (Å²) in [5.74, 6) is 0.771. The first-order valence-electron chi connectivity index (χ1n) is 7.78. The molecule has 1 amide bonds. The Morgan fingerprint density at radius 2 is 2.10 bits per heavy atom. The van der Waals surface area contributed by atoms with Crippen LogP contribution in [-0.2, 0) is 11.2 Å². The average Bonchev–Trinajstić information content (AvgIpc) is 2.48. The molecule has 1 aromatic rings. The van der Waals surface area contributed by atoms with Gasteiger partial charge in [0.1, 0.15) is 0 Å². The van der Waals surface area contributed by atoms with Gasteiger partial charge >= 0.3 is 0 Å². The predicted molar refractivity (Wildman–Crippen MR) is 82.3 cm³/mol. The van der Waals surface area contributed by atoms with Gasteiger partial charge in [-0.15, -0.1) is 0 Å². The minimum absolute atomic E-state index is 0.272. The number of rotatable bonds is 5. The molecule has 1 saturated heterocycles. The summed E-state index contributed by atoms with van der Waals surface area (Å²) in [5.41, 5.74) is 7.40. The highest BCUT2D eigenvalue weighted by Gasteiger charge is 2.27. The van der Waals surface area contributed by atoms with E-state index in [1.807, 2.05) is 11.0 Å². The molecule has 0 saturated carbocycles. The summed E-state index contributed by atoms with van der Waals surface area (Å²) in [5, 5.41) is 0. The number of aryl methyl sites for hydroxylation is 1. The van der Waals surface area contributed by atoms with Gasteiger partial charge < -0.3 is 10.6 Å². The molecule has 0 bridgehead atoms. The lowest BCUT2D eigenvalue weighted by Gasteiger charge is -2.36. The van der Waals surface area contributed by atoms with Crippen LogP contribution in [0.3, 0.4) is 0 Å². The molecule has 110 valence electrons. The number of likely N-dealkylation sites (tertiary alicyclic amines) is 1. The Labute approximate surface area is 122 Å². The van der Waals surface area contributed by atoms with E-state index < -0.39 is 0 Å². The number of carbonyl (C=O) groups excluding carboxylic acids is 1. The summed E-state index contributed by atoms with van der Waals surface area (Å²) in [6, 6.07) is 10.6. The highest BCUT2D eigenvalue weighted by atomic mass is 16.2. The van der Waals surface area contributed by atoms with E-state index in [2.05, 4.69) is 31.2 Å². The second-order valence-corrected chi connectivity index (χ2v) is 5.80. The van der Waals surface area contributed by atoms with Gasteiger partial charge in [0.2, 0.25) is 5.91 Å². The van der Waals surface area contributed by atoms with Crippen molar-refractivity contribution in [2.75, 3.05) is 13.1 Å². The highest BCUT2D eigenvalue weighted by Crippen LogP contribution is 2.19. The van der Waals surface area contributed by atoms with Gasteiger partial charge in [-0.05, 0) is 30.7 Å². The SMILES string of the molecule is CCC1CN(C(=O)CCCc2ccccc2)CCC1N. The quantitative estimate of drug-likeness (QED) is 0.897. The number of piperidine rings is 1. The van der Waals surface area contributed by atoms with Crippen LogP contribution in [0.2, 0.25) is 0 Å². The predicted octanol–water partition coefficient (Wildman–Crippen LogP) is 2.60. The maximum absolute atomic E-state index is 12.2. The molecule has 1 aliphatic rings. The lowest BCUT2D eigenvalue weighted by molar-refractivity contribution is -0.133. The molecule has 2 unspecified atom stereocenters. The number of nitrogens with zero attached hydrogens (tertiary/aromatic N) is 1. The van der Waals surface area contributed by atoms with Crippen molar-refractivity contribution in [1.82, 2.24) is 4.90 Å². The Morgan fingerprint density at radius 1 is 1.35 bits per heavy atom. The highest BCUT2D eigenvalue weighted by molar-refractivity contribution is 5.76. The van der Waals surface area contributed by atoms with Gasteiger partial charge in [-0.2, -0.15) is 0 Å². The third kappa shape index (κ3) is 4.07. The Hall–Kier alpha value is -1.35. The molecule has 3 heteroatoms. The van der Waals surface area contributed by atoms with Crippen LogP contribution in [0.5, 0.6) is 0 Å². The van der Waals surface area contributed by atoms with Crippen LogP contribution < -0.4 is 5.73 Å². The minimum atomic E-state index is 0.272. The van der Waals surface area contributed by atoms with Gasteiger partial charge in [0.25, 0.3) is 0 Å². The molecule has 2 rings (SSSR count). The zero-order chi connectivity index (χ0) is 14.4. The number of benzene rings is 1. The van der Waals surface area contributed by atoms with Gasteiger partial charge in [0.05, 0.1) is 0 Å². The average molecular weight is 274 g/mol. The fourth-order valence-electron chi connectivity index (χ4n) is 2.96. The summed E-state index contributed by atoms with van der Waals surface area (Å²) in [6.45, 7) is 3.84. The maximum Gasteiger partial charge on any atom is 0.222 e. The van der Waals surface area contributed by atoms with Crippen LogP contribution in [0.4, 0.5) is 0 Å². The normalized spacial score (nSPS) is 22.8. The third-order valence-electron chi connectivity index (χ3n) is 4.37. The first-order valence-corrected chi connectivity index (χ1v) is 7.78. The number of amides is 1. The van der Waals surface area contributed by atoms with Gasteiger partial charge in [-0.1, -0.05) is 43.7 Å². The van der Waals surface area contributed by atoms with Crippen molar-refractivity contribution >= 4 is 5.91 Å². The van der Waals surface area contributed by atoms with Crippen LogP contribution in [0, 0.1) is 5.92 Å². The fourth-order valence-corrected chi connectivity index (χ4v) is 2.96. The molecule has 3 nitrogen and oxygen atoms in total. The van der Waals surface area contributed by atoms with Crippen LogP contribution in [0.1, 0.15) is 38.2 Å². The van der Waals surface area contributed by atoms with Gasteiger partial charge in [0, 0.05) is 25.6 Å². The van der Waals surface area contributed by atoms with Crippen molar-refractivity contribution in [1.29, 1.82) is 0 Å². The largest absolute Gasteiger partial charge is 0.342 e. The summed E-state index contributed by atoms with van der Waals surface area (Å²) < 4.78 is 0. The standard InChI is InChI=1S/C17H26N2O/c1-2-15-13-19(12-11-16(15)18)17(20)10-6-9-14-7-4-3-5-8-14/h3-5,7-8,15-16H,2,6,9-13,18H2,1H3. The number of hydrogen-bond acceptors (Lipinski definition) is 2. The molecule has 0 spiro atoms. The van der Waals surface area contributed by atoms with E-state index in [1.165, 1.54) is 5.56 Å². The van der Waals surface area contributed by atoms with Crippen molar-refractivity contribution in [3.8, 4) is 0 Å². The van der Waals surface area contributed by atoms with Crippen LogP contribution in [0.15, 0.2) is 30.3 Å². The van der Waals surface area contributed by atoms with Crippen LogP contribution >= 0.6 is 0 Å². The minimum Gasteiger partial charge on any atom is -0.342 e. The first kappa shape index (κ1) is 15.0. The topological polar surface area (TPSA) is 46.3 Å². The van der Waals surface area contributed by atoms with Gasteiger partial charge in [0.15, 0.2) is 0 Å². The summed E-state index contributed by atoms with van der Waals surface area (Å²) in [4.78, 5) is 14.3. The first-order chi connectivity index (χ1) is 9.70. The molecule has 1 heterocycles. The number of nitrogens with two attached hydrogens (primary N) is 1. The summed E-state index contributed by atoms with van der Waals surface area (Å²) in [7, 11) is 0. The number of hydrogen-bond donors (Lipinski definition) is 1. The van der Waals surface area contributed by atoms with E-state index >= 15 is 0 Å². The molecule has 0 aliphatic carbocycles. The van der Waals surface area contributed by atoms with Crippen molar-refractivity contribution in [2.24, 2.45) is 11.7 Å². The van der Waals surface area contributed by atoms with E-state index in [9.17, 15) is 4.79 Å². The van der Waals surface area contributed by atoms with Crippen molar-refractivity contribution in [2.45, 2.75) is 45.1 Å². The molecule has 1 aliphatic heterocycles. The molecular weight excluding hydrogens is 248 g/mol. The molecule has 2 atom stereocenters. The summed E-state index contributed by atoms with van der Waals surface area (Å²) >= 11 is 0. The van der Waals surface area contributed by atoms with Gasteiger partial charge in [-0.25, -0.2) is 0 Å². The fraction of sp³-hybridized carbons (Fsp3) is 0.588. The van der Waals surface area contributed by atoms with Crippen molar-refractivity contribution < 1.29 is 4.79 Å². The second kappa shape index (κ2) is 7.44. The zero-order valence-electron chi connectivity index (χ0n) is 12.4. The number of carbonyl (C=O) groups is 1. The maximum atomic E-state index is 12.2. The summed E-state index contributed by atoms with van der Waals surface area (Å²) in [6.07, 6.45) is 4.58. The van der Waals surface area contributed by atoms with E-state index in [4.69, 9.17) is 5.73 Å². The monoisotopic (exact) mass is 274 g/mol. The molecular formula is C17H26N2O. The molecule has 1 aromatic carbocycles. The van der Waals surface area contributed by atoms with E-state index in [0.29, 0.717) is 18.2 Å². The lowest BCUT2D eigenvalue weighted by Crippen LogP contribution is -2.48. The van der Waals surface area contributed by atoms with Crippen LogP contribution in [0.25, 0.3) is 0 Å². The lowest BCUT2D eigenvalue weighted by atomic mass is 9.90.